The average molecular weight is 270 g/mol. The minimum atomic E-state index is -4.51. The van der Waals surface area contributed by atoms with Crippen LogP contribution in [0.4, 0.5) is 13.2 Å². The Bertz CT molecular complexity index is 599. The molecule has 2 rings (SSSR count). The van der Waals surface area contributed by atoms with E-state index in [0.29, 0.717) is 0 Å². The molecule has 0 bridgehead atoms. The van der Waals surface area contributed by atoms with E-state index in [4.69, 9.17) is 4.42 Å². The number of rotatable bonds is 2. The molecule has 1 aromatic carbocycles. The summed E-state index contributed by atoms with van der Waals surface area (Å²) >= 11 is 0. The van der Waals surface area contributed by atoms with Gasteiger partial charge in [0, 0.05) is 5.56 Å². The van der Waals surface area contributed by atoms with Crippen molar-refractivity contribution in [3.8, 4) is 11.1 Å². The molecule has 100 valence electrons. The summed E-state index contributed by atoms with van der Waals surface area (Å²) < 4.78 is 48.1. The van der Waals surface area contributed by atoms with Crippen LogP contribution in [0.25, 0.3) is 11.1 Å². The molecule has 0 saturated carbocycles. The summed E-state index contributed by atoms with van der Waals surface area (Å²) in [6.45, 7) is 0. The van der Waals surface area contributed by atoms with Crippen LogP contribution in [0.2, 0.25) is 0 Å². The topological polar surface area (TPSA) is 39.4 Å². The van der Waals surface area contributed by atoms with Gasteiger partial charge in [0.15, 0.2) is 0 Å². The van der Waals surface area contributed by atoms with Crippen molar-refractivity contribution in [2.75, 3.05) is 7.11 Å². The molecule has 0 unspecified atom stereocenters. The normalized spacial score (nSPS) is 11.4. The number of methoxy groups -OCH3 is 1. The van der Waals surface area contributed by atoms with Crippen molar-refractivity contribution in [1.29, 1.82) is 0 Å². The summed E-state index contributed by atoms with van der Waals surface area (Å²) in [5.41, 5.74) is -0.898. The number of carbonyl (C=O) groups excluding carboxylic acids is 1. The van der Waals surface area contributed by atoms with Crippen molar-refractivity contribution in [2.45, 2.75) is 6.18 Å². The van der Waals surface area contributed by atoms with E-state index in [9.17, 15) is 18.0 Å². The van der Waals surface area contributed by atoms with Crippen molar-refractivity contribution in [3.05, 3.63) is 47.9 Å². The molecule has 3 nitrogen and oxygen atoms in total. The molecule has 0 aliphatic carbocycles. The van der Waals surface area contributed by atoms with Gasteiger partial charge in [0.2, 0.25) is 5.76 Å². The molecule has 0 amide bonds. The Hall–Kier alpha value is -2.24. The third-order valence-corrected chi connectivity index (χ3v) is 2.56. The molecule has 0 radical (unpaired) electrons. The first-order chi connectivity index (χ1) is 8.95. The predicted octanol–water partition coefficient (Wildman–Crippen LogP) is 3.75. The molecule has 0 saturated heterocycles. The lowest BCUT2D eigenvalue weighted by molar-refractivity contribution is -0.137. The summed E-state index contributed by atoms with van der Waals surface area (Å²) in [5, 5.41) is 0. The lowest BCUT2D eigenvalue weighted by Gasteiger charge is -2.12. The zero-order chi connectivity index (χ0) is 14.0. The Morgan fingerprint density at radius 1 is 1.16 bits per heavy atom. The maximum atomic E-state index is 12.9. The fraction of sp³-hybridized carbons (Fsp3) is 0.154. The van der Waals surface area contributed by atoms with Gasteiger partial charge < -0.3 is 9.15 Å². The molecule has 1 aromatic heterocycles. The minimum Gasteiger partial charge on any atom is -0.463 e. The van der Waals surface area contributed by atoms with Gasteiger partial charge in [-0.15, -0.1) is 0 Å². The molecule has 6 heteroatoms. The molecule has 1 heterocycles. The largest absolute Gasteiger partial charge is 0.463 e. The van der Waals surface area contributed by atoms with E-state index < -0.39 is 17.7 Å². The Labute approximate surface area is 106 Å². The van der Waals surface area contributed by atoms with E-state index in [2.05, 4.69) is 4.74 Å². The number of hydrogen-bond donors (Lipinski definition) is 0. The molecular weight excluding hydrogens is 261 g/mol. The molecule has 0 spiro atoms. The number of ether oxygens (including phenoxy) is 1. The quantitative estimate of drug-likeness (QED) is 0.780. The lowest BCUT2D eigenvalue weighted by atomic mass is 9.99. The molecule has 0 N–H and O–H groups in total. The van der Waals surface area contributed by atoms with Gasteiger partial charge in [-0.1, -0.05) is 18.2 Å². The van der Waals surface area contributed by atoms with E-state index in [1.54, 1.807) is 0 Å². The first kappa shape index (κ1) is 13.2. The molecule has 0 aliphatic rings. The number of carbonyl (C=O) groups is 1. The smallest absolute Gasteiger partial charge is 0.417 e. The Balaban J connectivity index is 2.61. The highest BCUT2D eigenvalue weighted by Gasteiger charge is 2.34. The van der Waals surface area contributed by atoms with Crippen LogP contribution in [0.1, 0.15) is 16.1 Å². The SMILES string of the molecule is COC(=O)c1occc1-c1ccccc1C(F)(F)F. The zero-order valence-corrected chi connectivity index (χ0v) is 9.82. The first-order valence-electron chi connectivity index (χ1n) is 5.27. The predicted molar refractivity (Wildman–Crippen MR) is 60.5 cm³/mol. The summed E-state index contributed by atoms with van der Waals surface area (Å²) in [6, 6.07) is 6.27. The van der Waals surface area contributed by atoms with Crippen LogP contribution in [0.5, 0.6) is 0 Å². The van der Waals surface area contributed by atoms with Crippen LogP contribution < -0.4 is 0 Å². The summed E-state index contributed by atoms with van der Waals surface area (Å²) in [6.07, 6.45) is -3.37. The van der Waals surface area contributed by atoms with Gasteiger partial charge in [0.25, 0.3) is 0 Å². The Morgan fingerprint density at radius 2 is 1.84 bits per heavy atom. The average Bonchev–Trinajstić information content (AvgIpc) is 2.86. The fourth-order valence-electron chi connectivity index (χ4n) is 1.74. The second kappa shape index (κ2) is 4.79. The van der Waals surface area contributed by atoms with Crippen LogP contribution >= 0.6 is 0 Å². The van der Waals surface area contributed by atoms with Crippen LogP contribution in [-0.2, 0) is 10.9 Å². The molecule has 2 aromatic rings. The van der Waals surface area contributed by atoms with Gasteiger partial charge in [-0.25, -0.2) is 4.79 Å². The highest BCUT2D eigenvalue weighted by Crippen LogP contribution is 2.38. The lowest BCUT2D eigenvalue weighted by Crippen LogP contribution is -2.08. The van der Waals surface area contributed by atoms with Crippen molar-refractivity contribution < 1.29 is 27.1 Å². The number of hydrogen-bond acceptors (Lipinski definition) is 3. The number of esters is 1. The van der Waals surface area contributed by atoms with E-state index >= 15 is 0 Å². The maximum Gasteiger partial charge on any atom is 0.417 e. The standard InChI is InChI=1S/C13H9F3O3/c1-18-12(17)11-9(6-7-19-11)8-4-2-3-5-10(8)13(14,15)16/h2-7H,1H3. The third kappa shape index (κ3) is 2.47. The van der Waals surface area contributed by atoms with Gasteiger partial charge in [-0.3, -0.25) is 0 Å². The van der Waals surface area contributed by atoms with Crippen LogP contribution in [0.15, 0.2) is 41.0 Å². The highest BCUT2D eigenvalue weighted by atomic mass is 19.4. The first-order valence-corrected chi connectivity index (χ1v) is 5.27. The number of halogens is 3. The van der Waals surface area contributed by atoms with Crippen LogP contribution in [-0.4, -0.2) is 13.1 Å². The van der Waals surface area contributed by atoms with Crippen molar-refractivity contribution in [2.24, 2.45) is 0 Å². The van der Waals surface area contributed by atoms with Crippen molar-refractivity contribution in [3.63, 3.8) is 0 Å². The Kier molecular flexibility index (Phi) is 3.33. The summed E-state index contributed by atoms with van der Waals surface area (Å²) in [4.78, 5) is 11.4. The van der Waals surface area contributed by atoms with Crippen LogP contribution in [0, 0.1) is 0 Å². The number of alkyl halides is 3. The van der Waals surface area contributed by atoms with Gasteiger partial charge >= 0.3 is 12.1 Å². The van der Waals surface area contributed by atoms with E-state index in [1.807, 2.05) is 0 Å². The molecule has 19 heavy (non-hydrogen) atoms. The van der Waals surface area contributed by atoms with E-state index in [1.165, 1.54) is 24.3 Å². The van der Waals surface area contributed by atoms with E-state index in [0.717, 1.165) is 19.4 Å². The molecule has 0 aliphatic heterocycles. The monoisotopic (exact) mass is 270 g/mol. The molecule has 0 atom stereocenters. The number of benzene rings is 1. The van der Waals surface area contributed by atoms with Crippen LogP contribution in [0.3, 0.4) is 0 Å². The van der Waals surface area contributed by atoms with Gasteiger partial charge in [-0.05, 0) is 17.7 Å². The summed E-state index contributed by atoms with van der Waals surface area (Å²) in [5.74, 6) is -1.07. The highest BCUT2D eigenvalue weighted by molar-refractivity contribution is 5.94. The maximum absolute atomic E-state index is 12.9. The Morgan fingerprint density at radius 3 is 2.47 bits per heavy atom. The van der Waals surface area contributed by atoms with Gasteiger partial charge in [0.1, 0.15) is 0 Å². The molecular formula is C13H9F3O3. The second-order valence-corrected chi connectivity index (χ2v) is 3.70. The zero-order valence-electron chi connectivity index (χ0n) is 9.82. The van der Waals surface area contributed by atoms with E-state index in [-0.39, 0.29) is 16.9 Å². The number of furan rings is 1. The minimum absolute atomic E-state index is 0.0553. The summed E-state index contributed by atoms with van der Waals surface area (Å²) in [7, 11) is 1.13. The van der Waals surface area contributed by atoms with Gasteiger partial charge in [0.05, 0.1) is 18.9 Å². The third-order valence-electron chi connectivity index (χ3n) is 2.56. The molecule has 0 fully saturated rings. The fourth-order valence-corrected chi connectivity index (χ4v) is 1.74. The van der Waals surface area contributed by atoms with Crippen molar-refractivity contribution >= 4 is 5.97 Å². The van der Waals surface area contributed by atoms with Crippen molar-refractivity contribution in [1.82, 2.24) is 0 Å². The van der Waals surface area contributed by atoms with Gasteiger partial charge in [-0.2, -0.15) is 13.2 Å². The second-order valence-electron chi connectivity index (χ2n) is 3.70.